The molecule has 0 aromatic rings. The Morgan fingerprint density at radius 3 is 2.67 bits per heavy atom. The van der Waals surface area contributed by atoms with Gasteiger partial charge in [-0.05, 0) is 0 Å². The van der Waals surface area contributed by atoms with Gasteiger partial charge in [0.05, 0.1) is 0 Å². The van der Waals surface area contributed by atoms with E-state index in [0.717, 1.165) is 0 Å². The number of carbonyl (C=O) groups excluding carboxylic acids is 1. The van der Waals surface area contributed by atoms with Gasteiger partial charge in [-0.25, -0.2) is 0 Å². The monoisotopic (exact) mass is 369 g/mol. The zero-order valence-electron chi connectivity index (χ0n) is 7.16. The number of esters is 1. The summed E-state index contributed by atoms with van der Waals surface area (Å²) in [5.41, 5.74) is 0.404. The maximum absolute atomic E-state index is 10.8. The van der Waals surface area contributed by atoms with Crippen LogP contribution < -0.4 is 0 Å². The van der Waals surface area contributed by atoms with Crippen molar-refractivity contribution in [1.29, 1.82) is 0 Å². The van der Waals surface area contributed by atoms with E-state index >= 15 is 0 Å². The fourth-order valence-electron chi connectivity index (χ4n) is 0.374. The van der Waals surface area contributed by atoms with Crippen molar-refractivity contribution >= 4 is 30.4 Å². The van der Waals surface area contributed by atoms with E-state index in [1.807, 2.05) is 0 Å². The van der Waals surface area contributed by atoms with Crippen molar-refractivity contribution in [2.24, 2.45) is 0 Å². The minimum absolute atomic E-state index is 0.273. The molecule has 0 heterocycles. The fraction of sp³-hybridized carbons (Fsp3) is 0.571. The van der Waals surface area contributed by atoms with Crippen LogP contribution in [0.15, 0.2) is 12.2 Å². The Morgan fingerprint density at radius 2 is 2.17 bits per heavy atom. The first-order chi connectivity index (χ1) is 5.68. The molecule has 0 bridgehead atoms. The second kappa shape index (κ2) is 7.66. The van der Waals surface area contributed by atoms with Crippen molar-refractivity contribution in [3.63, 3.8) is 0 Å². The third kappa shape index (κ3) is 6.72. The van der Waals surface area contributed by atoms with E-state index < -0.39 is 24.5 Å². The molecule has 0 spiro atoms. The molecule has 0 N–H and O–H groups in total. The summed E-state index contributed by atoms with van der Waals surface area (Å²) in [6, 6.07) is 0. The Hall–Kier alpha value is 0.0261. The molecule has 0 aromatic heterocycles. The Balaban J connectivity index is 3.20. The van der Waals surface area contributed by atoms with Gasteiger partial charge in [0.1, 0.15) is 0 Å². The Bertz CT molecular complexity index is 157. The molecule has 0 rings (SSSR count). The number of rotatable bonds is 6. The molecule has 0 unspecified atom stereocenters. The summed E-state index contributed by atoms with van der Waals surface area (Å²) in [4.78, 5) is 10.8. The molecular weight excluding hydrogens is 357 g/mol. The van der Waals surface area contributed by atoms with Crippen LogP contribution in [0.1, 0.15) is 6.92 Å². The van der Waals surface area contributed by atoms with Crippen molar-refractivity contribution < 1.29 is 15.1 Å². The third-order valence-electron chi connectivity index (χ3n) is 0.864. The molecule has 0 atom stereocenters. The third-order valence-corrected chi connectivity index (χ3v) is 2.42. The topological polar surface area (TPSA) is 44.8 Å². The summed E-state index contributed by atoms with van der Waals surface area (Å²) >= 11 is -1.07. The first kappa shape index (κ1) is 12.0. The summed E-state index contributed by atoms with van der Waals surface area (Å²) in [5.74, 6) is -0.374. The van der Waals surface area contributed by atoms with Gasteiger partial charge < -0.3 is 0 Å². The van der Waals surface area contributed by atoms with Gasteiger partial charge >= 0.3 is 84.9 Å². The van der Waals surface area contributed by atoms with Crippen molar-refractivity contribution in [2.75, 3.05) is 20.3 Å². The molecule has 0 saturated carbocycles. The van der Waals surface area contributed by atoms with Gasteiger partial charge in [-0.15, -0.1) is 0 Å². The molecule has 70 valence electrons. The molecule has 5 heteroatoms. The Kier molecular flexibility index (Phi) is 7.68. The first-order valence-electron chi connectivity index (χ1n) is 3.33. The number of hydrogen-bond donors (Lipinski definition) is 0. The van der Waals surface area contributed by atoms with Crippen LogP contribution in [0.25, 0.3) is 0 Å². The summed E-state index contributed by atoms with van der Waals surface area (Å²) < 4.78 is 14.6. The average Bonchev–Trinajstić information content (AvgIpc) is 2.03. The molecule has 0 aliphatic rings. The second-order valence-corrected chi connectivity index (χ2v) is 4.71. The second-order valence-electron chi connectivity index (χ2n) is 1.97. The van der Waals surface area contributed by atoms with E-state index in [9.17, 15) is 4.79 Å². The van der Waals surface area contributed by atoms with E-state index in [1.54, 1.807) is 14.0 Å². The predicted octanol–water partition coefficient (Wildman–Crippen LogP) is 0.303. The van der Waals surface area contributed by atoms with E-state index in [2.05, 4.69) is 6.58 Å². The van der Waals surface area contributed by atoms with Gasteiger partial charge in [-0.3, -0.25) is 0 Å². The van der Waals surface area contributed by atoms with Crippen molar-refractivity contribution in [2.45, 2.75) is 6.92 Å². The molecule has 0 aromatic carbocycles. The van der Waals surface area contributed by atoms with E-state index in [4.69, 9.17) is 10.3 Å². The van der Waals surface area contributed by atoms with Crippen molar-refractivity contribution in [3.8, 4) is 0 Å². The Morgan fingerprint density at radius 1 is 1.50 bits per heavy atom. The SMILES string of the molecule is C=C(C)C(=O)OCC[O][Po][O]C. The maximum atomic E-state index is 10.8. The predicted molar refractivity (Wildman–Crippen MR) is 44.5 cm³/mol. The quantitative estimate of drug-likeness (QED) is 0.384. The minimum atomic E-state index is -1.07. The van der Waals surface area contributed by atoms with Crippen LogP contribution in [-0.2, 0) is 15.1 Å². The zero-order chi connectivity index (χ0) is 9.40. The van der Waals surface area contributed by atoms with E-state index in [0.29, 0.717) is 12.2 Å². The number of hydrogen-bond acceptors (Lipinski definition) is 4. The summed E-state index contributed by atoms with van der Waals surface area (Å²) in [6.07, 6.45) is 0. The van der Waals surface area contributed by atoms with Crippen LogP contribution in [0, 0.1) is 0 Å². The zero-order valence-corrected chi connectivity index (χ0v) is 10.3. The van der Waals surface area contributed by atoms with Gasteiger partial charge in [0.2, 0.25) is 0 Å². The van der Waals surface area contributed by atoms with Crippen LogP contribution in [0.4, 0.5) is 0 Å². The van der Waals surface area contributed by atoms with Crippen LogP contribution >= 0.6 is 0 Å². The van der Waals surface area contributed by atoms with Gasteiger partial charge in [-0.2, -0.15) is 0 Å². The molecule has 0 amide bonds. The normalized spacial score (nSPS) is 9.50. The van der Waals surface area contributed by atoms with Gasteiger partial charge in [-0.1, -0.05) is 0 Å². The van der Waals surface area contributed by atoms with Gasteiger partial charge in [0, 0.05) is 0 Å². The van der Waals surface area contributed by atoms with E-state index in [-0.39, 0.29) is 12.6 Å². The van der Waals surface area contributed by atoms with Crippen LogP contribution in [-0.4, -0.2) is 50.7 Å². The number of carbonyl (C=O) groups is 1. The molecule has 12 heavy (non-hydrogen) atoms. The van der Waals surface area contributed by atoms with Gasteiger partial charge in [0.25, 0.3) is 0 Å². The van der Waals surface area contributed by atoms with Crippen molar-refractivity contribution in [1.82, 2.24) is 0 Å². The average molecular weight is 369 g/mol. The van der Waals surface area contributed by atoms with Gasteiger partial charge in [0.15, 0.2) is 0 Å². The number of ether oxygens (including phenoxy) is 1. The summed E-state index contributed by atoms with van der Waals surface area (Å²) in [5, 5.41) is 0. The molecule has 0 aliphatic carbocycles. The van der Waals surface area contributed by atoms with E-state index in [1.165, 1.54) is 0 Å². The van der Waals surface area contributed by atoms with Crippen LogP contribution in [0.3, 0.4) is 0 Å². The molecule has 0 saturated heterocycles. The summed E-state index contributed by atoms with van der Waals surface area (Å²) in [7, 11) is 1.60. The van der Waals surface area contributed by atoms with Crippen LogP contribution in [0.5, 0.6) is 0 Å². The molecular formula is C7H12O4Po. The fourth-order valence-corrected chi connectivity index (χ4v) is 1.28. The Labute approximate surface area is 84.9 Å². The standard InChI is InChI=1S/C6H9O3.CH3O.Po/c1-5(2)6(8)9-4-3-7;1-2;/h1,3-4H2,2H3;1H3;/q2*-1;+2. The molecule has 4 nitrogen and oxygen atoms in total. The van der Waals surface area contributed by atoms with Crippen molar-refractivity contribution in [3.05, 3.63) is 12.2 Å². The molecule has 0 aliphatic heterocycles. The summed E-state index contributed by atoms with van der Waals surface area (Å²) in [6.45, 7) is 5.73. The van der Waals surface area contributed by atoms with Crippen LogP contribution in [0.2, 0.25) is 0 Å². The first-order valence-corrected chi connectivity index (χ1v) is 5.92. The molecule has 0 radical (unpaired) electrons. The molecule has 0 fully saturated rings.